The van der Waals surface area contributed by atoms with Crippen molar-refractivity contribution in [2.75, 3.05) is 13.1 Å². The maximum absolute atomic E-state index is 3.77. The van der Waals surface area contributed by atoms with Crippen LogP contribution in [0.4, 0.5) is 0 Å². The average molecular weight is 287 g/mol. The molecule has 1 nitrogen and oxygen atoms in total. The van der Waals surface area contributed by atoms with Gasteiger partial charge in [-0.1, -0.05) is 70.4 Å². The van der Waals surface area contributed by atoms with Crippen molar-refractivity contribution >= 4 is 0 Å². The molecule has 2 rings (SSSR count). The number of benzene rings is 1. The van der Waals surface area contributed by atoms with Crippen LogP contribution in [0.2, 0.25) is 0 Å². The second-order valence-corrected chi connectivity index (χ2v) is 7.21. The zero-order valence-corrected chi connectivity index (χ0v) is 14.1. The summed E-state index contributed by atoms with van der Waals surface area (Å²) in [5.74, 6) is 3.25. The fourth-order valence-corrected chi connectivity index (χ4v) is 3.73. The van der Waals surface area contributed by atoms with Crippen LogP contribution in [0.3, 0.4) is 0 Å². The molecule has 0 heterocycles. The Morgan fingerprint density at radius 2 is 1.62 bits per heavy atom. The standard InChI is InChI=1S/C20H33N/c1-4-17-10-12-18(13-11-17)14-21-15-20(16(2)3)19-8-6-5-7-9-19/h5-9,16-18,20-21H,4,10-15H2,1-3H3. The van der Waals surface area contributed by atoms with Crippen molar-refractivity contribution in [3.8, 4) is 0 Å². The lowest BCUT2D eigenvalue weighted by molar-refractivity contribution is 0.260. The van der Waals surface area contributed by atoms with E-state index >= 15 is 0 Å². The Morgan fingerprint density at radius 3 is 2.19 bits per heavy atom. The van der Waals surface area contributed by atoms with E-state index in [2.05, 4.69) is 56.4 Å². The molecule has 0 saturated heterocycles. The van der Waals surface area contributed by atoms with E-state index in [4.69, 9.17) is 0 Å². The minimum atomic E-state index is 0.637. The molecular formula is C20H33N. The summed E-state index contributed by atoms with van der Waals surface area (Å²) >= 11 is 0. The molecule has 1 aromatic carbocycles. The molecule has 1 atom stereocenters. The molecule has 1 N–H and O–H groups in total. The van der Waals surface area contributed by atoms with E-state index in [-0.39, 0.29) is 0 Å². The molecule has 1 heteroatoms. The van der Waals surface area contributed by atoms with Gasteiger partial charge in [-0.25, -0.2) is 0 Å². The van der Waals surface area contributed by atoms with E-state index in [1.54, 1.807) is 0 Å². The van der Waals surface area contributed by atoms with Gasteiger partial charge in [0.2, 0.25) is 0 Å². The lowest BCUT2D eigenvalue weighted by atomic mass is 9.80. The second-order valence-electron chi connectivity index (χ2n) is 7.21. The smallest absolute Gasteiger partial charge is 0.00227 e. The van der Waals surface area contributed by atoms with Gasteiger partial charge in [0.15, 0.2) is 0 Å². The van der Waals surface area contributed by atoms with Gasteiger partial charge in [-0.2, -0.15) is 0 Å². The Kier molecular flexibility index (Phi) is 6.76. The summed E-state index contributed by atoms with van der Waals surface area (Å²) in [7, 11) is 0. The first kappa shape index (κ1) is 16.5. The van der Waals surface area contributed by atoms with Crippen molar-refractivity contribution in [2.45, 2.75) is 58.8 Å². The van der Waals surface area contributed by atoms with Gasteiger partial charge in [0.1, 0.15) is 0 Å². The van der Waals surface area contributed by atoms with Crippen molar-refractivity contribution in [3.63, 3.8) is 0 Å². The van der Waals surface area contributed by atoms with Crippen LogP contribution in [0.15, 0.2) is 30.3 Å². The summed E-state index contributed by atoms with van der Waals surface area (Å²) < 4.78 is 0. The average Bonchev–Trinajstić information content (AvgIpc) is 2.52. The summed E-state index contributed by atoms with van der Waals surface area (Å²) in [6.07, 6.45) is 7.15. The van der Waals surface area contributed by atoms with Crippen molar-refractivity contribution in [3.05, 3.63) is 35.9 Å². The molecule has 0 aliphatic heterocycles. The van der Waals surface area contributed by atoms with Gasteiger partial charge in [-0.05, 0) is 48.6 Å². The van der Waals surface area contributed by atoms with Crippen LogP contribution in [0.25, 0.3) is 0 Å². The van der Waals surface area contributed by atoms with Gasteiger partial charge in [-0.3, -0.25) is 0 Å². The Hall–Kier alpha value is -0.820. The van der Waals surface area contributed by atoms with Crippen LogP contribution in [-0.4, -0.2) is 13.1 Å². The molecule has 0 bridgehead atoms. The van der Waals surface area contributed by atoms with Crippen molar-refractivity contribution in [2.24, 2.45) is 17.8 Å². The van der Waals surface area contributed by atoms with Crippen molar-refractivity contribution in [1.29, 1.82) is 0 Å². The van der Waals surface area contributed by atoms with Crippen LogP contribution >= 0.6 is 0 Å². The van der Waals surface area contributed by atoms with Crippen LogP contribution in [0, 0.1) is 17.8 Å². The van der Waals surface area contributed by atoms with Crippen molar-refractivity contribution < 1.29 is 0 Å². The first-order valence-electron chi connectivity index (χ1n) is 8.96. The van der Waals surface area contributed by atoms with E-state index < -0.39 is 0 Å². The lowest BCUT2D eigenvalue weighted by Crippen LogP contribution is -2.31. The summed E-state index contributed by atoms with van der Waals surface area (Å²) in [6, 6.07) is 11.0. The van der Waals surface area contributed by atoms with E-state index in [0.29, 0.717) is 11.8 Å². The van der Waals surface area contributed by atoms with E-state index in [1.807, 2.05) is 0 Å². The van der Waals surface area contributed by atoms with Crippen LogP contribution in [-0.2, 0) is 0 Å². The maximum Gasteiger partial charge on any atom is 0.00227 e. The lowest BCUT2D eigenvalue weighted by Gasteiger charge is -2.29. The first-order chi connectivity index (χ1) is 10.2. The van der Waals surface area contributed by atoms with Crippen LogP contribution in [0.5, 0.6) is 0 Å². The summed E-state index contributed by atoms with van der Waals surface area (Å²) in [5.41, 5.74) is 1.48. The van der Waals surface area contributed by atoms with Crippen LogP contribution in [0.1, 0.15) is 64.4 Å². The fourth-order valence-electron chi connectivity index (χ4n) is 3.73. The predicted molar refractivity (Wildman–Crippen MR) is 92.6 cm³/mol. The number of hydrogen-bond donors (Lipinski definition) is 1. The molecule has 0 amide bonds. The molecule has 1 aromatic rings. The molecule has 1 fully saturated rings. The largest absolute Gasteiger partial charge is 0.316 e. The zero-order chi connectivity index (χ0) is 15.1. The SMILES string of the molecule is CCC1CCC(CNCC(c2ccccc2)C(C)C)CC1. The highest BCUT2D eigenvalue weighted by Crippen LogP contribution is 2.30. The highest BCUT2D eigenvalue weighted by Gasteiger charge is 2.20. The molecular weight excluding hydrogens is 254 g/mol. The Morgan fingerprint density at radius 1 is 1.00 bits per heavy atom. The fraction of sp³-hybridized carbons (Fsp3) is 0.700. The topological polar surface area (TPSA) is 12.0 Å². The van der Waals surface area contributed by atoms with Gasteiger partial charge in [-0.15, -0.1) is 0 Å². The summed E-state index contributed by atoms with van der Waals surface area (Å²) in [4.78, 5) is 0. The number of hydrogen-bond acceptors (Lipinski definition) is 1. The van der Waals surface area contributed by atoms with E-state index in [9.17, 15) is 0 Å². The summed E-state index contributed by atoms with van der Waals surface area (Å²) in [5, 5.41) is 3.77. The third kappa shape index (κ3) is 5.14. The molecule has 1 aliphatic carbocycles. The van der Waals surface area contributed by atoms with Gasteiger partial charge in [0.25, 0.3) is 0 Å². The Labute approximate surface area is 131 Å². The highest BCUT2D eigenvalue weighted by molar-refractivity contribution is 5.20. The second kappa shape index (κ2) is 8.58. The highest BCUT2D eigenvalue weighted by atomic mass is 14.9. The first-order valence-corrected chi connectivity index (χ1v) is 8.96. The molecule has 0 radical (unpaired) electrons. The molecule has 1 saturated carbocycles. The number of nitrogens with one attached hydrogen (secondary N) is 1. The Balaban J connectivity index is 1.76. The van der Waals surface area contributed by atoms with Gasteiger partial charge in [0, 0.05) is 6.54 Å². The molecule has 118 valence electrons. The maximum atomic E-state index is 3.77. The quantitative estimate of drug-likeness (QED) is 0.724. The monoisotopic (exact) mass is 287 g/mol. The molecule has 0 spiro atoms. The van der Waals surface area contributed by atoms with Gasteiger partial charge in [0.05, 0.1) is 0 Å². The van der Waals surface area contributed by atoms with Gasteiger partial charge < -0.3 is 5.32 Å². The summed E-state index contributed by atoms with van der Waals surface area (Å²) in [6.45, 7) is 9.36. The zero-order valence-electron chi connectivity index (χ0n) is 14.1. The minimum absolute atomic E-state index is 0.637. The Bertz CT molecular complexity index is 376. The molecule has 1 unspecified atom stereocenters. The van der Waals surface area contributed by atoms with Crippen molar-refractivity contribution in [1.82, 2.24) is 5.32 Å². The van der Waals surface area contributed by atoms with E-state index in [0.717, 1.165) is 18.4 Å². The molecule has 1 aliphatic rings. The van der Waals surface area contributed by atoms with E-state index in [1.165, 1.54) is 44.2 Å². The molecule has 21 heavy (non-hydrogen) atoms. The minimum Gasteiger partial charge on any atom is -0.316 e. The van der Waals surface area contributed by atoms with Crippen LogP contribution < -0.4 is 5.32 Å². The molecule has 0 aromatic heterocycles. The predicted octanol–water partition coefficient (Wildman–Crippen LogP) is 5.23. The normalized spacial score (nSPS) is 24.2. The van der Waals surface area contributed by atoms with Gasteiger partial charge >= 0.3 is 0 Å². The third-order valence-electron chi connectivity index (χ3n) is 5.37. The third-order valence-corrected chi connectivity index (χ3v) is 5.37. The number of rotatable bonds is 7.